The Morgan fingerprint density at radius 1 is 1.05 bits per heavy atom. The molecular weight excluding hydrogens is 270 g/mol. The van der Waals surface area contributed by atoms with Crippen molar-refractivity contribution in [2.45, 2.75) is 51.8 Å². The molecule has 22 heavy (non-hydrogen) atoms. The second kappa shape index (κ2) is 6.97. The van der Waals surface area contributed by atoms with Crippen LogP contribution in [0.4, 0.5) is 0 Å². The molecule has 2 aromatic carbocycles. The van der Waals surface area contributed by atoms with Crippen molar-refractivity contribution in [1.29, 1.82) is 0 Å². The van der Waals surface area contributed by atoms with Crippen LogP contribution in [0.3, 0.4) is 0 Å². The largest absolute Gasteiger partial charge is 0.489 e. The van der Waals surface area contributed by atoms with Crippen LogP contribution >= 0.6 is 0 Å². The summed E-state index contributed by atoms with van der Waals surface area (Å²) in [7, 11) is 0. The lowest BCUT2D eigenvalue weighted by atomic mass is 10.1. The summed E-state index contributed by atoms with van der Waals surface area (Å²) >= 11 is 0. The van der Waals surface area contributed by atoms with E-state index in [9.17, 15) is 0 Å². The maximum absolute atomic E-state index is 6.08. The van der Waals surface area contributed by atoms with Crippen molar-refractivity contribution in [3.8, 4) is 5.75 Å². The molecule has 0 unspecified atom stereocenters. The number of benzene rings is 2. The lowest BCUT2D eigenvalue weighted by molar-refractivity contribution is 0.303. The Bertz CT molecular complexity index is 602. The van der Waals surface area contributed by atoms with Gasteiger partial charge in [0.05, 0.1) is 0 Å². The Morgan fingerprint density at radius 3 is 2.50 bits per heavy atom. The standard InChI is InChI=1S/C20H25NO/c1-15(2)21-13-17-8-11-20(19(12-17)18-9-10-18)22-14-16-6-4-3-5-7-16/h3-8,11-12,15,18,21H,9-10,13-14H2,1-2H3. The lowest BCUT2D eigenvalue weighted by Gasteiger charge is -2.14. The smallest absolute Gasteiger partial charge is 0.123 e. The maximum Gasteiger partial charge on any atom is 0.123 e. The number of rotatable bonds is 7. The zero-order valence-corrected chi connectivity index (χ0v) is 13.5. The first-order valence-corrected chi connectivity index (χ1v) is 8.25. The number of nitrogens with one attached hydrogen (secondary N) is 1. The minimum atomic E-state index is 0.512. The molecule has 2 heteroatoms. The zero-order valence-electron chi connectivity index (χ0n) is 13.5. The third kappa shape index (κ3) is 4.11. The van der Waals surface area contributed by atoms with Crippen LogP contribution in [-0.2, 0) is 13.2 Å². The summed E-state index contributed by atoms with van der Waals surface area (Å²) in [6.45, 7) is 5.93. The van der Waals surface area contributed by atoms with Crippen LogP contribution < -0.4 is 10.1 Å². The average Bonchev–Trinajstić information content (AvgIpc) is 3.37. The number of hydrogen-bond acceptors (Lipinski definition) is 2. The predicted molar refractivity (Wildman–Crippen MR) is 91.2 cm³/mol. The quantitative estimate of drug-likeness (QED) is 0.803. The van der Waals surface area contributed by atoms with Crippen molar-refractivity contribution in [2.24, 2.45) is 0 Å². The van der Waals surface area contributed by atoms with Crippen LogP contribution in [-0.4, -0.2) is 6.04 Å². The molecule has 0 bridgehead atoms. The minimum absolute atomic E-state index is 0.512. The molecule has 2 aromatic rings. The van der Waals surface area contributed by atoms with Crippen LogP contribution in [0.1, 0.15) is 49.3 Å². The molecule has 0 atom stereocenters. The molecule has 0 saturated heterocycles. The van der Waals surface area contributed by atoms with Crippen LogP contribution in [0.25, 0.3) is 0 Å². The minimum Gasteiger partial charge on any atom is -0.489 e. The van der Waals surface area contributed by atoms with E-state index >= 15 is 0 Å². The number of hydrogen-bond donors (Lipinski definition) is 1. The van der Waals surface area contributed by atoms with Gasteiger partial charge in [-0.05, 0) is 41.5 Å². The molecule has 0 aromatic heterocycles. The molecule has 2 nitrogen and oxygen atoms in total. The van der Waals surface area contributed by atoms with E-state index in [4.69, 9.17) is 4.74 Å². The van der Waals surface area contributed by atoms with Crippen LogP contribution in [0, 0.1) is 0 Å². The molecule has 3 rings (SSSR count). The lowest BCUT2D eigenvalue weighted by Crippen LogP contribution is -2.21. The second-order valence-electron chi connectivity index (χ2n) is 6.46. The van der Waals surface area contributed by atoms with Crippen LogP contribution in [0.5, 0.6) is 5.75 Å². The first kappa shape index (κ1) is 15.1. The fourth-order valence-electron chi connectivity index (χ4n) is 2.61. The summed E-state index contributed by atoms with van der Waals surface area (Å²) in [5.41, 5.74) is 3.96. The van der Waals surface area contributed by atoms with Gasteiger partial charge in [0, 0.05) is 12.6 Å². The molecule has 0 aliphatic heterocycles. The molecule has 1 saturated carbocycles. The SMILES string of the molecule is CC(C)NCc1ccc(OCc2ccccc2)c(C2CC2)c1. The van der Waals surface area contributed by atoms with E-state index in [-0.39, 0.29) is 0 Å². The van der Waals surface area contributed by atoms with Gasteiger partial charge >= 0.3 is 0 Å². The molecule has 116 valence electrons. The highest BCUT2D eigenvalue weighted by Crippen LogP contribution is 2.44. The molecule has 0 spiro atoms. The summed E-state index contributed by atoms with van der Waals surface area (Å²) < 4.78 is 6.08. The van der Waals surface area contributed by atoms with Crippen molar-refractivity contribution >= 4 is 0 Å². The molecule has 0 radical (unpaired) electrons. The number of ether oxygens (including phenoxy) is 1. The van der Waals surface area contributed by atoms with E-state index < -0.39 is 0 Å². The van der Waals surface area contributed by atoms with E-state index in [0.717, 1.165) is 12.3 Å². The average molecular weight is 295 g/mol. The van der Waals surface area contributed by atoms with E-state index in [1.807, 2.05) is 6.07 Å². The van der Waals surface area contributed by atoms with Gasteiger partial charge in [0.15, 0.2) is 0 Å². The van der Waals surface area contributed by atoms with Gasteiger partial charge in [0.1, 0.15) is 12.4 Å². The van der Waals surface area contributed by atoms with Gasteiger partial charge in [0.2, 0.25) is 0 Å². The molecule has 1 aliphatic rings. The predicted octanol–water partition coefficient (Wildman–Crippen LogP) is 4.64. The van der Waals surface area contributed by atoms with E-state index in [2.05, 4.69) is 61.6 Å². The first-order chi connectivity index (χ1) is 10.7. The fourth-order valence-corrected chi connectivity index (χ4v) is 2.61. The molecular formula is C20H25NO. The highest BCUT2D eigenvalue weighted by Gasteiger charge is 2.27. The molecule has 1 aliphatic carbocycles. The molecule has 1 fully saturated rings. The molecule has 0 heterocycles. The highest BCUT2D eigenvalue weighted by molar-refractivity contribution is 5.42. The van der Waals surface area contributed by atoms with Crippen molar-refractivity contribution in [2.75, 3.05) is 0 Å². The van der Waals surface area contributed by atoms with Gasteiger partial charge < -0.3 is 10.1 Å². The highest BCUT2D eigenvalue weighted by atomic mass is 16.5. The Balaban J connectivity index is 1.70. The third-order valence-corrected chi connectivity index (χ3v) is 4.04. The first-order valence-electron chi connectivity index (χ1n) is 8.25. The molecule has 1 N–H and O–H groups in total. The summed E-state index contributed by atoms with van der Waals surface area (Å²) in [5, 5.41) is 3.48. The van der Waals surface area contributed by atoms with Crippen LogP contribution in [0.15, 0.2) is 48.5 Å². The van der Waals surface area contributed by atoms with E-state index in [1.54, 1.807) is 0 Å². The van der Waals surface area contributed by atoms with Crippen molar-refractivity contribution < 1.29 is 4.74 Å². The van der Waals surface area contributed by atoms with Crippen LogP contribution in [0.2, 0.25) is 0 Å². The zero-order chi connectivity index (χ0) is 15.4. The van der Waals surface area contributed by atoms with Gasteiger partial charge in [-0.1, -0.05) is 56.3 Å². The maximum atomic E-state index is 6.08. The summed E-state index contributed by atoms with van der Waals surface area (Å²) in [6, 6.07) is 17.5. The van der Waals surface area contributed by atoms with Crippen molar-refractivity contribution in [1.82, 2.24) is 5.32 Å². The topological polar surface area (TPSA) is 21.3 Å². The Hall–Kier alpha value is -1.80. The van der Waals surface area contributed by atoms with Gasteiger partial charge in [0.25, 0.3) is 0 Å². The van der Waals surface area contributed by atoms with E-state index in [1.165, 1.54) is 29.5 Å². The summed E-state index contributed by atoms with van der Waals surface area (Å²) in [6.07, 6.45) is 2.59. The van der Waals surface area contributed by atoms with Gasteiger partial charge in [-0.15, -0.1) is 0 Å². The summed E-state index contributed by atoms with van der Waals surface area (Å²) in [4.78, 5) is 0. The van der Waals surface area contributed by atoms with Crippen molar-refractivity contribution in [3.05, 3.63) is 65.2 Å². The van der Waals surface area contributed by atoms with Gasteiger partial charge in [-0.25, -0.2) is 0 Å². The Morgan fingerprint density at radius 2 is 1.82 bits per heavy atom. The summed E-state index contributed by atoms with van der Waals surface area (Å²) in [5.74, 6) is 1.75. The fraction of sp³-hybridized carbons (Fsp3) is 0.400. The normalized spacial score (nSPS) is 14.3. The van der Waals surface area contributed by atoms with Gasteiger partial charge in [-0.2, -0.15) is 0 Å². The third-order valence-electron chi connectivity index (χ3n) is 4.04. The van der Waals surface area contributed by atoms with E-state index in [0.29, 0.717) is 18.6 Å². The Kier molecular flexibility index (Phi) is 4.79. The molecule has 0 amide bonds. The van der Waals surface area contributed by atoms with Crippen molar-refractivity contribution in [3.63, 3.8) is 0 Å². The monoisotopic (exact) mass is 295 g/mol. The second-order valence-corrected chi connectivity index (χ2v) is 6.46. The Labute approximate surface area is 133 Å². The van der Waals surface area contributed by atoms with Gasteiger partial charge in [-0.3, -0.25) is 0 Å².